The Labute approximate surface area is 109 Å². The van der Waals surface area contributed by atoms with Gasteiger partial charge in [-0.3, -0.25) is 4.79 Å². The Bertz CT molecular complexity index is 429. The van der Waals surface area contributed by atoms with Crippen molar-refractivity contribution >= 4 is 5.78 Å². The molecule has 1 heterocycles. The number of carbonyl (C=O) groups is 1. The molecule has 0 aliphatic carbocycles. The molecular weight excluding hydrogens is 224 g/mol. The predicted molar refractivity (Wildman–Crippen MR) is 73.0 cm³/mol. The van der Waals surface area contributed by atoms with Crippen molar-refractivity contribution in [3.63, 3.8) is 0 Å². The zero-order valence-corrected chi connectivity index (χ0v) is 11.5. The number of rotatable bonds is 4. The summed E-state index contributed by atoms with van der Waals surface area (Å²) in [4.78, 5) is 11.9. The fourth-order valence-corrected chi connectivity index (χ4v) is 2.35. The Hall–Kier alpha value is -1.31. The van der Waals surface area contributed by atoms with E-state index in [0.717, 1.165) is 25.2 Å². The molecule has 18 heavy (non-hydrogen) atoms. The van der Waals surface area contributed by atoms with Crippen LogP contribution in [0.15, 0.2) is 24.3 Å². The standard InChI is InChI=1S/C16H22O2/c1-16(2,3)15(17)10-6-7-12-11-18-14-9-5-4-8-13(12)14/h4-5,8-9,12H,6-7,10-11H2,1-3H3. The van der Waals surface area contributed by atoms with Gasteiger partial charge in [0.2, 0.25) is 0 Å². The van der Waals surface area contributed by atoms with Crippen molar-refractivity contribution in [2.24, 2.45) is 5.41 Å². The number of carbonyl (C=O) groups excluding carboxylic acids is 1. The average molecular weight is 246 g/mol. The van der Waals surface area contributed by atoms with Gasteiger partial charge < -0.3 is 4.74 Å². The predicted octanol–water partition coefficient (Wildman–Crippen LogP) is 3.95. The van der Waals surface area contributed by atoms with Crippen LogP contribution in [0, 0.1) is 5.41 Å². The molecule has 2 heteroatoms. The summed E-state index contributed by atoms with van der Waals surface area (Å²) in [5, 5.41) is 0. The lowest BCUT2D eigenvalue weighted by atomic mass is 9.86. The number of hydrogen-bond acceptors (Lipinski definition) is 2. The molecule has 0 spiro atoms. The molecule has 0 bridgehead atoms. The van der Waals surface area contributed by atoms with E-state index >= 15 is 0 Å². The third-order valence-corrected chi connectivity index (χ3v) is 3.59. The zero-order chi connectivity index (χ0) is 13.2. The first-order valence-corrected chi connectivity index (χ1v) is 6.73. The maximum atomic E-state index is 11.9. The SMILES string of the molecule is CC(C)(C)C(=O)CCCC1COc2ccccc21. The van der Waals surface area contributed by atoms with Crippen LogP contribution in [0.25, 0.3) is 0 Å². The highest BCUT2D eigenvalue weighted by Gasteiger charge is 2.25. The minimum atomic E-state index is -0.204. The van der Waals surface area contributed by atoms with Crippen LogP contribution in [0.4, 0.5) is 0 Å². The van der Waals surface area contributed by atoms with E-state index in [1.165, 1.54) is 5.56 Å². The van der Waals surface area contributed by atoms with E-state index in [0.29, 0.717) is 18.1 Å². The molecule has 98 valence electrons. The van der Waals surface area contributed by atoms with Gasteiger partial charge in [0, 0.05) is 23.3 Å². The monoisotopic (exact) mass is 246 g/mol. The van der Waals surface area contributed by atoms with E-state index in [1.54, 1.807) is 0 Å². The third-order valence-electron chi connectivity index (χ3n) is 3.59. The smallest absolute Gasteiger partial charge is 0.138 e. The van der Waals surface area contributed by atoms with Gasteiger partial charge in [0.25, 0.3) is 0 Å². The van der Waals surface area contributed by atoms with E-state index < -0.39 is 0 Å². The minimum Gasteiger partial charge on any atom is -0.493 e. The Kier molecular flexibility index (Phi) is 3.74. The molecule has 0 fully saturated rings. The summed E-state index contributed by atoms with van der Waals surface area (Å²) in [5.74, 6) is 1.84. The third kappa shape index (κ3) is 2.92. The van der Waals surface area contributed by atoms with E-state index in [4.69, 9.17) is 4.74 Å². The second kappa shape index (κ2) is 5.13. The number of fused-ring (bicyclic) bond motifs is 1. The van der Waals surface area contributed by atoms with E-state index in [-0.39, 0.29) is 5.41 Å². The lowest BCUT2D eigenvalue weighted by Gasteiger charge is -2.17. The fourth-order valence-electron chi connectivity index (χ4n) is 2.35. The van der Waals surface area contributed by atoms with E-state index in [9.17, 15) is 4.79 Å². The summed E-state index contributed by atoms with van der Waals surface area (Å²) >= 11 is 0. The van der Waals surface area contributed by atoms with Crippen LogP contribution in [0.3, 0.4) is 0 Å². The number of ether oxygens (including phenoxy) is 1. The van der Waals surface area contributed by atoms with Crippen LogP contribution in [0.1, 0.15) is 51.5 Å². The molecule has 0 aromatic heterocycles. The van der Waals surface area contributed by atoms with Crippen LogP contribution < -0.4 is 4.74 Å². The van der Waals surface area contributed by atoms with Gasteiger partial charge in [0.1, 0.15) is 11.5 Å². The summed E-state index contributed by atoms with van der Waals surface area (Å²) in [7, 11) is 0. The van der Waals surface area contributed by atoms with Crippen molar-refractivity contribution in [1.82, 2.24) is 0 Å². The Balaban J connectivity index is 1.85. The Morgan fingerprint density at radius 3 is 2.78 bits per heavy atom. The van der Waals surface area contributed by atoms with Gasteiger partial charge in [0.15, 0.2) is 0 Å². The van der Waals surface area contributed by atoms with Gasteiger partial charge in [-0.1, -0.05) is 39.0 Å². The molecule has 1 atom stereocenters. The molecule has 1 unspecified atom stereocenters. The quantitative estimate of drug-likeness (QED) is 0.804. The molecule has 1 aliphatic heterocycles. The van der Waals surface area contributed by atoms with Gasteiger partial charge in [-0.25, -0.2) is 0 Å². The largest absolute Gasteiger partial charge is 0.493 e. The highest BCUT2D eigenvalue weighted by molar-refractivity contribution is 5.83. The summed E-state index contributed by atoms with van der Waals surface area (Å²) in [6.07, 6.45) is 2.68. The molecule has 2 rings (SSSR count). The Morgan fingerprint density at radius 2 is 2.06 bits per heavy atom. The molecule has 2 nitrogen and oxygen atoms in total. The molecule has 1 aromatic carbocycles. The number of hydrogen-bond donors (Lipinski definition) is 0. The maximum absolute atomic E-state index is 11.9. The normalized spacial score (nSPS) is 18.3. The highest BCUT2D eigenvalue weighted by Crippen LogP contribution is 2.36. The molecule has 0 N–H and O–H groups in total. The summed E-state index contributed by atoms with van der Waals surface area (Å²) in [6.45, 7) is 6.74. The van der Waals surface area contributed by atoms with Crippen molar-refractivity contribution in [1.29, 1.82) is 0 Å². The Morgan fingerprint density at radius 1 is 1.33 bits per heavy atom. The lowest BCUT2D eigenvalue weighted by Crippen LogP contribution is -2.19. The second-order valence-electron chi connectivity index (χ2n) is 6.11. The van der Waals surface area contributed by atoms with Crippen molar-refractivity contribution in [3.8, 4) is 5.75 Å². The minimum absolute atomic E-state index is 0.204. The number of benzene rings is 1. The zero-order valence-electron chi connectivity index (χ0n) is 11.5. The van der Waals surface area contributed by atoms with Crippen molar-refractivity contribution in [2.75, 3.05) is 6.61 Å². The molecule has 0 amide bonds. The summed E-state index contributed by atoms with van der Waals surface area (Å²) < 4.78 is 5.65. The van der Waals surface area contributed by atoms with Gasteiger partial charge in [-0.05, 0) is 18.9 Å². The van der Waals surface area contributed by atoms with Crippen LogP contribution >= 0.6 is 0 Å². The van der Waals surface area contributed by atoms with Gasteiger partial charge >= 0.3 is 0 Å². The van der Waals surface area contributed by atoms with Crippen molar-refractivity contribution < 1.29 is 9.53 Å². The molecule has 1 aromatic rings. The van der Waals surface area contributed by atoms with E-state index in [2.05, 4.69) is 12.1 Å². The van der Waals surface area contributed by atoms with Crippen LogP contribution in [-0.2, 0) is 4.79 Å². The molecule has 0 saturated heterocycles. The first kappa shape index (κ1) is 13.1. The number of Topliss-reactive ketones (excluding diaryl/α,β-unsaturated/α-hetero) is 1. The molecule has 0 radical (unpaired) electrons. The van der Waals surface area contributed by atoms with Crippen LogP contribution in [0.5, 0.6) is 5.75 Å². The second-order valence-corrected chi connectivity index (χ2v) is 6.11. The highest BCUT2D eigenvalue weighted by atomic mass is 16.5. The first-order valence-electron chi connectivity index (χ1n) is 6.73. The van der Waals surface area contributed by atoms with E-state index in [1.807, 2.05) is 32.9 Å². The van der Waals surface area contributed by atoms with Crippen molar-refractivity contribution in [3.05, 3.63) is 29.8 Å². The fraction of sp³-hybridized carbons (Fsp3) is 0.562. The number of ketones is 1. The first-order chi connectivity index (χ1) is 8.48. The molecule has 1 aliphatic rings. The van der Waals surface area contributed by atoms with Crippen LogP contribution in [-0.4, -0.2) is 12.4 Å². The van der Waals surface area contributed by atoms with Gasteiger partial charge in [0.05, 0.1) is 6.61 Å². The molecule has 0 saturated carbocycles. The van der Waals surface area contributed by atoms with Crippen LogP contribution in [0.2, 0.25) is 0 Å². The summed E-state index contributed by atoms with van der Waals surface area (Å²) in [6, 6.07) is 8.22. The number of para-hydroxylation sites is 1. The molecular formula is C16H22O2. The lowest BCUT2D eigenvalue weighted by molar-refractivity contribution is -0.126. The topological polar surface area (TPSA) is 26.3 Å². The average Bonchev–Trinajstić information content (AvgIpc) is 2.71. The maximum Gasteiger partial charge on any atom is 0.138 e. The van der Waals surface area contributed by atoms with Gasteiger partial charge in [-0.15, -0.1) is 0 Å². The van der Waals surface area contributed by atoms with Crippen molar-refractivity contribution in [2.45, 2.75) is 46.0 Å². The summed E-state index contributed by atoms with van der Waals surface area (Å²) in [5.41, 5.74) is 1.10. The van der Waals surface area contributed by atoms with Gasteiger partial charge in [-0.2, -0.15) is 0 Å².